The average Bonchev–Trinajstić information content (AvgIpc) is 2.80. The summed E-state index contributed by atoms with van der Waals surface area (Å²) in [7, 11) is 0. The molecule has 1 aromatic heterocycles. The second kappa shape index (κ2) is 4.45. The minimum Gasteiger partial charge on any atom is -0.475 e. The second-order valence-corrected chi connectivity index (χ2v) is 4.08. The highest BCUT2D eigenvalue weighted by Gasteiger charge is 2.21. The number of nitrogens with zero attached hydrogens (tertiary/aromatic N) is 1. The van der Waals surface area contributed by atoms with Crippen molar-refractivity contribution in [3.8, 4) is 11.3 Å². The van der Waals surface area contributed by atoms with Crippen molar-refractivity contribution in [1.29, 1.82) is 0 Å². The molecule has 0 radical (unpaired) electrons. The lowest BCUT2D eigenvalue weighted by molar-refractivity contribution is 0.0652. The summed E-state index contributed by atoms with van der Waals surface area (Å²) in [6, 6.07) is 1.85. The Kier molecular flexibility index (Phi) is 3.12. The highest BCUT2D eigenvalue weighted by Crippen LogP contribution is 2.30. The number of carboxylic acid groups (broad SMARTS) is 1. The highest BCUT2D eigenvalue weighted by atomic mass is 79.9. The SMILES string of the molecule is O=C(O)c1cc(-c2cc(Br)c(F)c(F)c2F)no1. The first-order valence-electron chi connectivity index (χ1n) is 4.45. The molecule has 94 valence electrons. The first-order valence-corrected chi connectivity index (χ1v) is 5.24. The third kappa shape index (κ3) is 1.99. The van der Waals surface area contributed by atoms with E-state index in [1.54, 1.807) is 0 Å². The van der Waals surface area contributed by atoms with Crippen LogP contribution in [0, 0.1) is 17.5 Å². The predicted molar refractivity (Wildman–Crippen MR) is 56.5 cm³/mol. The standard InChI is InChI=1S/C10H3BrF3NO3/c11-4-1-3(7(12)9(14)8(4)13)5-2-6(10(16)17)18-15-5/h1-2H,(H,16,17). The van der Waals surface area contributed by atoms with Crippen LogP contribution in [0.2, 0.25) is 0 Å². The molecule has 8 heteroatoms. The van der Waals surface area contributed by atoms with Crippen molar-refractivity contribution in [2.45, 2.75) is 0 Å². The van der Waals surface area contributed by atoms with Gasteiger partial charge in [0.25, 0.3) is 0 Å². The van der Waals surface area contributed by atoms with Gasteiger partial charge in [-0.3, -0.25) is 0 Å². The Bertz CT molecular complexity index is 642. The van der Waals surface area contributed by atoms with E-state index in [1.807, 2.05) is 0 Å². The molecule has 2 aromatic rings. The Labute approximate surface area is 106 Å². The molecule has 0 aliphatic carbocycles. The van der Waals surface area contributed by atoms with Gasteiger partial charge in [0, 0.05) is 11.6 Å². The van der Waals surface area contributed by atoms with Crippen molar-refractivity contribution in [2.75, 3.05) is 0 Å². The van der Waals surface area contributed by atoms with Crippen LogP contribution in [0.4, 0.5) is 13.2 Å². The van der Waals surface area contributed by atoms with E-state index in [0.29, 0.717) is 0 Å². The number of aromatic carboxylic acids is 1. The topological polar surface area (TPSA) is 63.3 Å². The first-order chi connectivity index (χ1) is 8.41. The molecule has 4 nitrogen and oxygen atoms in total. The summed E-state index contributed by atoms with van der Waals surface area (Å²) in [5.41, 5.74) is -0.651. The number of carbonyl (C=O) groups is 1. The molecular weight excluding hydrogens is 319 g/mol. The van der Waals surface area contributed by atoms with Gasteiger partial charge in [-0.05, 0) is 22.0 Å². The minimum atomic E-state index is -1.68. The highest BCUT2D eigenvalue weighted by molar-refractivity contribution is 9.10. The molecule has 0 saturated carbocycles. The Morgan fingerprint density at radius 3 is 2.44 bits per heavy atom. The van der Waals surface area contributed by atoms with Crippen molar-refractivity contribution in [2.24, 2.45) is 0 Å². The molecule has 0 amide bonds. The van der Waals surface area contributed by atoms with Crippen LogP contribution in [0.25, 0.3) is 11.3 Å². The van der Waals surface area contributed by atoms with Crippen LogP contribution in [0.5, 0.6) is 0 Å². The maximum atomic E-state index is 13.5. The van der Waals surface area contributed by atoms with Crippen LogP contribution in [-0.4, -0.2) is 16.2 Å². The van der Waals surface area contributed by atoms with Gasteiger partial charge in [-0.25, -0.2) is 18.0 Å². The number of hydrogen-bond acceptors (Lipinski definition) is 3. The average molecular weight is 322 g/mol. The maximum Gasteiger partial charge on any atom is 0.374 e. The summed E-state index contributed by atoms with van der Waals surface area (Å²) in [6.45, 7) is 0. The maximum absolute atomic E-state index is 13.5. The van der Waals surface area contributed by atoms with Gasteiger partial charge in [0.05, 0.1) is 4.47 Å². The zero-order valence-corrected chi connectivity index (χ0v) is 9.96. The second-order valence-electron chi connectivity index (χ2n) is 3.23. The summed E-state index contributed by atoms with van der Waals surface area (Å²) in [4.78, 5) is 10.5. The fourth-order valence-electron chi connectivity index (χ4n) is 1.26. The first kappa shape index (κ1) is 12.6. The summed E-state index contributed by atoms with van der Waals surface area (Å²) < 4.78 is 43.7. The van der Waals surface area contributed by atoms with Crippen molar-refractivity contribution in [1.82, 2.24) is 5.16 Å². The van der Waals surface area contributed by atoms with Crippen LogP contribution in [0.1, 0.15) is 10.6 Å². The Balaban J connectivity index is 2.60. The molecule has 0 spiro atoms. The molecule has 0 aliphatic heterocycles. The number of aromatic nitrogens is 1. The number of rotatable bonds is 2. The molecule has 0 bridgehead atoms. The van der Waals surface area contributed by atoms with E-state index < -0.39 is 34.7 Å². The van der Waals surface area contributed by atoms with Crippen LogP contribution in [0.3, 0.4) is 0 Å². The normalized spacial score (nSPS) is 10.7. The number of halogens is 4. The molecule has 1 aromatic carbocycles. The van der Waals surface area contributed by atoms with E-state index in [4.69, 9.17) is 5.11 Å². The third-order valence-corrected chi connectivity index (χ3v) is 2.68. The number of carboxylic acids is 1. The Morgan fingerprint density at radius 1 is 1.22 bits per heavy atom. The fourth-order valence-corrected chi connectivity index (χ4v) is 1.67. The largest absolute Gasteiger partial charge is 0.475 e. The summed E-state index contributed by atoms with van der Waals surface area (Å²) in [5.74, 6) is -6.47. The van der Waals surface area contributed by atoms with Gasteiger partial charge in [0.2, 0.25) is 5.76 Å². The zero-order chi connectivity index (χ0) is 13.4. The van der Waals surface area contributed by atoms with E-state index >= 15 is 0 Å². The zero-order valence-electron chi connectivity index (χ0n) is 8.38. The lowest BCUT2D eigenvalue weighted by Gasteiger charge is -2.03. The third-order valence-electron chi connectivity index (χ3n) is 2.10. The van der Waals surface area contributed by atoms with Crippen LogP contribution in [0.15, 0.2) is 21.1 Å². The van der Waals surface area contributed by atoms with Crippen LogP contribution >= 0.6 is 15.9 Å². The molecule has 0 fully saturated rings. The van der Waals surface area contributed by atoms with Gasteiger partial charge >= 0.3 is 5.97 Å². The van der Waals surface area contributed by atoms with Crippen LogP contribution < -0.4 is 0 Å². The molecule has 0 unspecified atom stereocenters. The van der Waals surface area contributed by atoms with Gasteiger partial charge in [-0.1, -0.05) is 5.16 Å². The monoisotopic (exact) mass is 321 g/mol. The lowest BCUT2D eigenvalue weighted by Crippen LogP contribution is -1.96. The van der Waals surface area contributed by atoms with Crippen molar-refractivity contribution < 1.29 is 27.6 Å². The Hall–Kier alpha value is -1.83. The van der Waals surface area contributed by atoms with E-state index in [2.05, 4.69) is 25.6 Å². The Morgan fingerprint density at radius 2 is 1.89 bits per heavy atom. The molecule has 18 heavy (non-hydrogen) atoms. The molecule has 1 N–H and O–H groups in total. The van der Waals surface area contributed by atoms with Gasteiger partial charge < -0.3 is 9.63 Å². The molecule has 0 atom stereocenters. The predicted octanol–water partition coefficient (Wildman–Crippen LogP) is 3.22. The molecular formula is C10H3BrF3NO3. The smallest absolute Gasteiger partial charge is 0.374 e. The lowest BCUT2D eigenvalue weighted by atomic mass is 10.1. The minimum absolute atomic E-state index is 0.246. The van der Waals surface area contributed by atoms with E-state index in [-0.39, 0.29) is 10.2 Å². The van der Waals surface area contributed by atoms with E-state index in [0.717, 1.165) is 12.1 Å². The molecule has 1 heterocycles. The fraction of sp³-hybridized carbons (Fsp3) is 0. The number of benzene rings is 1. The summed E-state index contributed by atoms with van der Waals surface area (Å²) >= 11 is 2.71. The molecule has 0 aliphatic rings. The van der Waals surface area contributed by atoms with Crippen LogP contribution in [-0.2, 0) is 0 Å². The van der Waals surface area contributed by atoms with E-state index in [9.17, 15) is 18.0 Å². The van der Waals surface area contributed by atoms with Gasteiger partial charge in [0.1, 0.15) is 5.69 Å². The van der Waals surface area contributed by atoms with Crippen molar-refractivity contribution >= 4 is 21.9 Å². The molecule has 0 saturated heterocycles. The van der Waals surface area contributed by atoms with Crippen molar-refractivity contribution in [3.05, 3.63) is 39.8 Å². The number of hydrogen-bond donors (Lipinski definition) is 1. The summed E-state index contributed by atoms with van der Waals surface area (Å²) in [6.07, 6.45) is 0. The van der Waals surface area contributed by atoms with Crippen molar-refractivity contribution in [3.63, 3.8) is 0 Å². The van der Waals surface area contributed by atoms with Gasteiger partial charge in [-0.2, -0.15) is 0 Å². The summed E-state index contributed by atoms with van der Waals surface area (Å²) in [5, 5.41) is 11.9. The van der Waals surface area contributed by atoms with E-state index in [1.165, 1.54) is 0 Å². The van der Waals surface area contributed by atoms with Gasteiger partial charge in [0.15, 0.2) is 17.5 Å². The molecule has 2 rings (SSSR count). The quantitative estimate of drug-likeness (QED) is 0.681. The van der Waals surface area contributed by atoms with Gasteiger partial charge in [-0.15, -0.1) is 0 Å².